The van der Waals surface area contributed by atoms with Crippen molar-refractivity contribution in [2.24, 2.45) is 5.92 Å². The maximum Gasteiger partial charge on any atom is 0.0226 e. The first-order valence-electron chi connectivity index (χ1n) is 3.49. The van der Waals surface area contributed by atoms with Gasteiger partial charge in [-0.1, -0.05) is 5.92 Å². The fourth-order valence-electron chi connectivity index (χ4n) is 1.73. The molecule has 0 N–H and O–H groups in total. The van der Waals surface area contributed by atoms with E-state index in [1.807, 2.05) is 6.29 Å². The Morgan fingerprint density at radius 1 is 1.50 bits per heavy atom. The zero-order valence-electron chi connectivity index (χ0n) is 5.92. The third-order valence-corrected chi connectivity index (χ3v) is 2.30. The summed E-state index contributed by atoms with van der Waals surface area (Å²) in [5, 5.41) is 0. The Morgan fingerprint density at radius 2 is 2.30 bits per heavy atom. The quantitative estimate of drug-likeness (QED) is 0.482. The zero-order chi connectivity index (χ0) is 6.27. The summed E-state index contributed by atoms with van der Waals surface area (Å²) in [6.45, 7) is 2.44. The monoisotopic (exact) mass is 213 g/mol. The minimum absolute atomic E-state index is 0. The van der Waals surface area contributed by atoms with Gasteiger partial charge in [-0.2, -0.15) is 0 Å². The molecule has 0 aliphatic carbocycles. The van der Waals surface area contributed by atoms with E-state index in [-0.39, 0.29) is 32.7 Å². The summed E-state index contributed by atoms with van der Waals surface area (Å²) < 4.78 is 0. The molecule has 0 aromatic rings. The van der Waals surface area contributed by atoms with Gasteiger partial charge in [-0.15, -0.1) is 6.42 Å². The molecule has 2 saturated heterocycles. The van der Waals surface area contributed by atoms with Crippen LogP contribution in [-0.4, -0.2) is 30.3 Å². The van der Waals surface area contributed by atoms with E-state index in [1.54, 1.807) is 0 Å². The van der Waals surface area contributed by atoms with Crippen LogP contribution in [-0.2, 0) is 37.5 Å². The Bertz CT molecular complexity index is 130. The second kappa shape index (κ2) is 3.42. The summed E-state index contributed by atoms with van der Waals surface area (Å²) in [6, 6.07) is 0.850. The van der Waals surface area contributed by atoms with Crippen molar-refractivity contribution in [1.82, 2.24) is 4.90 Å². The second-order valence-electron chi connectivity index (χ2n) is 3.06. The predicted molar refractivity (Wildman–Crippen MR) is 33.8 cm³/mol. The van der Waals surface area contributed by atoms with Crippen LogP contribution in [0.1, 0.15) is 12.8 Å². The number of carbonyl (C=O) groups excluding carboxylic acids is 1. The minimum atomic E-state index is 0. The van der Waals surface area contributed by atoms with Crippen LogP contribution in [0.15, 0.2) is 0 Å². The van der Waals surface area contributed by atoms with Gasteiger partial charge in [0.15, 0.2) is 0 Å². The largest absolute Gasteiger partial charge is 0.542 e. The van der Waals surface area contributed by atoms with Crippen LogP contribution >= 0.6 is 0 Å². The molecule has 2 nitrogen and oxygen atoms in total. The van der Waals surface area contributed by atoms with Gasteiger partial charge in [-0.25, -0.2) is 0 Å². The van der Waals surface area contributed by atoms with Gasteiger partial charge in [-0.3, -0.25) is 11.2 Å². The van der Waals surface area contributed by atoms with Crippen LogP contribution in [0.2, 0.25) is 0 Å². The molecule has 1 radical (unpaired) electrons. The van der Waals surface area contributed by atoms with Gasteiger partial charge >= 0.3 is 0 Å². The second-order valence-corrected chi connectivity index (χ2v) is 3.06. The van der Waals surface area contributed by atoms with Gasteiger partial charge in [0.1, 0.15) is 0 Å². The van der Waals surface area contributed by atoms with Crippen LogP contribution in [0.4, 0.5) is 0 Å². The average Bonchev–Trinajstić information content (AvgIpc) is 2.42. The molecular weight excluding hydrogens is 203 g/mol. The Morgan fingerprint density at radius 3 is 2.80 bits per heavy atom. The van der Waals surface area contributed by atoms with Crippen molar-refractivity contribution in [3.63, 3.8) is 0 Å². The summed E-state index contributed by atoms with van der Waals surface area (Å²) in [6.07, 6.45) is 3.88. The molecule has 0 saturated carbocycles. The molecule has 3 heteroatoms. The van der Waals surface area contributed by atoms with E-state index >= 15 is 0 Å². The molecule has 3 atom stereocenters. The molecule has 2 aliphatic rings. The number of rotatable bonds is 2. The fraction of sp³-hybridized carbons (Fsp3) is 0.857. The first kappa shape index (κ1) is 8.83. The molecule has 0 bridgehead atoms. The molecule has 2 aliphatic heterocycles. The number of nitrogens with zero attached hydrogens (tertiary/aromatic N) is 1. The third kappa shape index (κ3) is 1.66. The zero-order valence-corrected chi connectivity index (χ0v) is 8.75. The van der Waals surface area contributed by atoms with Crippen molar-refractivity contribution in [1.29, 1.82) is 0 Å². The van der Waals surface area contributed by atoms with E-state index in [9.17, 15) is 4.79 Å². The fourth-order valence-corrected chi connectivity index (χ4v) is 1.73. The minimum Gasteiger partial charge on any atom is -0.542 e. The van der Waals surface area contributed by atoms with E-state index < -0.39 is 0 Å². The molecule has 0 amide bonds. The summed E-state index contributed by atoms with van der Waals surface area (Å²) in [4.78, 5) is 12.4. The van der Waals surface area contributed by atoms with Gasteiger partial charge in [0.2, 0.25) is 0 Å². The van der Waals surface area contributed by atoms with Crippen LogP contribution in [0, 0.1) is 5.92 Å². The summed E-state index contributed by atoms with van der Waals surface area (Å²) in [5.41, 5.74) is 0. The van der Waals surface area contributed by atoms with E-state index in [1.165, 1.54) is 13.0 Å². The first-order chi connectivity index (χ1) is 4.40. The van der Waals surface area contributed by atoms with E-state index in [0.29, 0.717) is 12.3 Å². The van der Waals surface area contributed by atoms with Crippen molar-refractivity contribution in [3.8, 4) is 0 Å². The molecule has 0 aromatic heterocycles. The molecule has 0 aromatic carbocycles. The SMILES string of the molecule is O=[C-]CC1CC2CN2C1.[Y]. The van der Waals surface area contributed by atoms with Crippen molar-refractivity contribution in [2.75, 3.05) is 13.1 Å². The molecule has 10 heavy (non-hydrogen) atoms. The van der Waals surface area contributed by atoms with Gasteiger partial charge in [-0.05, 0) is 13.0 Å². The third-order valence-electron chi connectivity index (χ3n) is 2.30. The number of hydrogen-bond acceptors (Lipinski definition) is 2. The number of hydrogen-bond donors (Lipinski definition) is 0. The van der Waals surface area contributed by atoms with Crippen LogP contribution in [0.3, 0.4) is 0 Å². The number of piperidine rings is 1. The first-order valence-corrected chi connectivity index (χ1v) is 3.49. The van der Waals surface area contributed by atoms with Crippen LogP contribution < -0.4 is 0 Å². The molecule has 2 rings (SSSR count). The Labute approximate surface area is 86.2 Å². The smallest absolute Gasteiger partial charge is 0.0226 e. The topological polar surface area (TPSA) is 20.1 Å². The molecule has 3 unspecified atom stereocenters. The standard InChI is InChI=1S/C7H10NO.Y/c9-2-1-6-3-7-5-8(7)4-6;/h6-7H,1,3-5H2;/q-1;. The molecular formula is C7H10NOY-. The molecule has 2 heterocycles. The van der Waals surface area contributed by atoms with Crippen LogP contribution in [0.5, 0.6) is 0 Å². The van der Waals surface area contributed by atoms with Gasteiger partial charge in [0.25, 0.3) is 0 Å². The molecule has 0 spiro atoms. The van der Waals surface area contributed by atoms with E-state index in [0.717, 1.165) is 12.6 Å². The van der Waals surface area contributed by atoms with E-state index in [2.05, 4.69) is 4.90 Å². The Balaban J connectivity index is 0.000000500. The summed E-state index contributed by atoms with van der Waals surface area (Å²) in [7, 11) is 0. The van der Waals surface area contributed by atoms with Crippen molar-refractivity contribution < 1.29 is 37.5 Å². The maximum absolute atomic E-state index is 9.94. The summed E-state index contributed by atoms with van der Waals surface area (Å²) >= 11 is 0. The molecule has 2 fully saturated rings. The Hall–Kier alpha value is 0.734. The van der Waals surface area contributed by atoms with Gasteiger partial charge in [0.05, 0.1) is 0 Å². The van der Waals surface area contributed by atoms with Crippen molar-refractivity contribution in [3.05, 3.63) is 0 Å². The van der Waals surface area contributed by atoms with Gasteiger partial charge < -0.3 is 4.79 Å². The van der Waals surface area contributed by atoms with Crippen molar-refractivity contribution in [2.45, 2.75) is 18.9 Å². The maximum atomic E-state index is 9.94. The predicted octanol–water partition coefficient (Wildman–Crippen LogP) is 0.188. The normalized spacial score (nSPS) is 41.8. The van der Waals surface area contributed by atoms with E-state index in [4.69, 9.17) is 0 Å². The summed E-state index contributed by atoms with van der Waals surface area (Å²) in [5.74, 6) is 0.640. The number of fused-ring (bicyclic) bond motifs is 1. The molecule has 53 valence electrons. The Kier molecular flexibility index (Phi) is 3.02. The van der Waals surface area contributed by atoms with Crippen molar-refractivity contribution >= 4 is 6.29 Å². The average molecular weight is 213 g/mol. The van der Waals surface area contributed by atoms with Gasteiger partial charge in [0, 0.05) is 45.3 Å². The van der Waals surface area contributed by atoms with Crippen LogP contribution in [0.25, 0.3) is 0 Å².